The Morgan fingerprint density at radius 2 is 1.81 bits per heavy atom. The zero-order valence-electron chi connectivity index (χ0n) is 15.4. The fraction of sp³-hybridized carbons (Fsp3) is 0.200. The van der Waals surface area contributed by atoms with Gasteiger partial charge in [-0.2, -0.15) is 0 Å². The van der Waals surface area contributed by atoms with Gasteiger partial charge in [0.25, 0.3) is 0 Å². The molecule has 2 atom stereocenters. The minimum absolute atomic E-state index is 0.121. The first-order valence-electron chi connectivity index (χ1n) is 9.24. The Labute approximate surface area is 159 Å². The van der Waals surface area contributed by atoms with Crippen LogP contribution in [0.1, 0.15) is 42.7 Å². The van der Waals surface area contributed by atoms with Gasteiger partial charge >= 0.3 is 0 Å². The van der Waals surface area contributed by atoms with Crippen molar-refractivity contribution >= 4 is 17.4 Å². The highest BCUT2D eigenvalue weighted by atomic mass is 32.1. The fourth-order valence-electron chi connectivity index (χ4n) is 4.97. The van der Waals surface area contributed by atoms with Gasteiger partial charge < -0.3 is 0 Å². The molecule has 3 aliphatic carbocycles. The second-order valence-electron chi connectivity index (χ2n) is 7.60. The van der Waals surface area contributed by atoms with Gasteiger partial charge in [-0.05, 0) is 65.6 Å². The van der Waals surface area contributed by atoms with E-state index in [1.165, 1.54) is 43.9 Å². The molecule has 1 heterocycles. The van der Waals surface area contributed by atoms with Crippen LogP contribution >= 0.6 is 11.3 Å². The fourth-order valence-corrected chi connectivity index (χ4v) is 5.92. The van der Waals surface area contributed by atoms with Crippen LogP contribution < -0.4 is 0 Å². The van der Waals surface area contributed by atoms with Gasteiger partial charge in [0, 0.05) is 10.8 Å². The van der Waals surface area contributed by atoms with Gasteiger partial charge in [-0.3, -0.25) is 0 Å². The molecule has 1 heteroatoms. The van der Waals surface area contributed by atoms with Crippen LogP contribution in [0, 0.1) is 0 Å². The van der Waals surface area contributed by atoms with Crippen molar-refractivity contribution in [2.45, 2.75) is 32.1 Å². The van der Waals surface area contributed by atoms with Gasteiger partial charge in [-0.1, -0.05) is 66.3 Å². The van der Waals surface area contributed by atoms with Crippen LogP contribution in [0.25, 0.3) is 6.08 Å². The smallest absolute Gasteiger partial charge is 0.0590 e. The zero-order valence-corrected chi connectivity index (χ0v) is 16.2. The Bertz CT molecular complexity index is 1050. The van der Waals surface area contributed by atoms with Crippen LogP contribution in [0.2, 0.25) is 0 Å². The largest absolute Gasteiger partial charge is 0.148 e. The number of allylic oxidation sites excluding steroid dienone is 9. The minimum atomic E-state index is -0.121. The Morgan fingerprint density at radius 1 is 0.962 bits per heavy atom. The summed E-state index contributed by atoms with van der Waals surface area (Å²) in [5.74, 6) is 0.349. The highest BCUT2D eigenvalue weighted by molar-refractivity contribution is 7.10. The van der Waals surface area contributed by atoms with Crippen LogP contribution in [-0.4, -0.2) is 0 Å². The SMILES string of the molecule is CC1=Cc2ccccc2[C@@H]1C1(c2cccs2)C=CC=C2C1=CC(C)=C2C. The molecule has 0 amide bonds. The predicted octanol–water partition coefficient (Wildman–Crippen LogP) is 6.96. The van der Waals surface area contributed by atoms with Crippen LogP contribution in [0.15, 0.2) is 93.9 Å². The molecule has 0 saturated heterocycles. The van der Waals surface area contributed by atoms with E-state index in [2.05, 4.69) is 92.9 Å². The van der Waals surface area contributed by atoms with Crippen molar-refractivity contribution in [2.75, 3.05) is 0 Å². The molecular formula is C25H22S. The lowest BCUT2D eigenvalue weighted by molar-refractivity contribution is 0.559. The molecule has 2 aromatic rings. The second kappa shape index (κ2) is 5.56. The Hall–Kier alpha value is -2.38. The number of hydrogen-bond acceptors (Lipinski definition) is 1. The molecule has 1 unspecified atom stereocenters. The van der Waals surface area contributed by atoms with Gasteiger partial charge in [-0.15, -0.1) is 11.3 Å². The summed E-state index contributed by atoms with van der Waals surface area (Å²) in [4.78, 5) is 1.43. The molecule has 5 rings (SSSR count). The Balaban J connectivity index is 1.81. The number of rotatable bonds is 2. The minimum Gasteiger partial charge on any atom is -0.148 e. The normalized spacial score (nSPS) is 26.4. The van der Waals surface area contributed by atoms with Crippen LogP contribution in [0.3, 0.4) is 0 Å². The van der Waals surface area contributed by atoms with Crippen molar-refractivity contribution in [3.8, 4) is 0 Å². The summed E-state index contributed by atoms with van der Waals surface area (Å²) in [6, 6.07) is 13.4. The van der Waals surface area contributed by atoms with Gasteiger partial charge in [-0.25, -0.2) is 0 Å². The number of thiophene rings is 1. The van der Waals surface area contributed by atoms with E-state index in [1.54, 1.807) is 0 Å². The van der Waals surface area contributed by atoms with Crippen LogP contribution in [0.4, 0.5) is 0 Å². The first-order valence-corrected chi connectivity index (χ1v) is 10.1. The lowest BCUT2D eigenvalue weighted by atomic mass is 9.62. The van der Waals surface area contributed by atoms with Crippen molar-refractivity contribution in [3.63, 3.8) is 0 Å². The van der Waals surface area contributed by atoms with E-state index in [9.17, 15) is 0 Å². The molecule has 26 heavy (non-hydrogen) atoms. The highest BCUT2D eigenvalue weighted by Crippen LogP contribution is 2.59. The summed E-state index contributed by atoms with van der Waals surface area (Å²) in [6.45, 7) is 6.80. The lowest BCUT2D eigenvalue weighted by Gasteiger charge is -2.41. The van der Waals surface area contributed by atoms with Gasteiger partial charge in [0.2, 0.25) is 0 Å². The molecule has 0 aliphatic heterocycles. The second-order valence-corrected chi connectivity index (χ2v) is 8.55. The summed E-state index contributed by atoms with van der Waals surface area (Å²) in [7, 11) is 0. The Kier molecular flexibility index (Phi) is 3.39. The van der Waals surface area contributed by atoms with E-state index in [4.69, 9.17) is 0 Å². The van der Waals surface area contributed by atoms with E-state index in [0.717, 1.165) is 0 Å². The molecule has 0 saturated carbocycles. The van der Waals surface area contributed by atoms with Crippen LogP contribution in [-0.2, 0) is 5.41 Å². The summed E-state index contributed by atoms with van der Waals surface area (Å²) in [5, 5.41) is 2.21. The molecule has 0 nitrogen and oxygen atoms in total. The molecule has 0 spiro atoms. The summed E-state index contributed by atoms with van der Waals surface area (Å²) < 4.78 is 0. The third-order valence-corrected chi connectivity index (χ3v) is 7.26. The molecule has 128 valence electrons. The first-order chi connectivity index (χ1) is 12.6. The average molecular weight is 355 g/mol. The van der Waals surface area contributed by atoms with Crippen LogP contribution in [0.5, 0.6) is 0 Å². The molecule has 3 aliphatic rings. The molecular weight excluding hydrogens is 332 g/mol. The zero-order chi connectivity index (χ0) is 17.9. The van der Waals surface area contributed by atoms with E-state index < -0.39 is 0 Å². The van der Waals surface area contributed by atoms with E-state index in [1.807, 2.05) is 11.3 Å². The van der Waals surface area contributed by atoms with E-state index in [-0.39, 0.29) is 5.41 Å². The number of hydrogen-bond donors (Lipinski definition) is 0. The standard InChI is InChI=1S/C25H22S/c1-16-15-22-20(18(16)3)10-6-12-25(22,23-11-7-13-26-23)24-17(2)14-19-8-4-5-9-21(19)24/h4-15,24H,1-3H3/t24-,25?/m1/s1. The summed E-state index contributed by atoms with van der Waals surface area (Å²) >= 11 is 1.88. The third kappa shape index (κ3) is 1.95. The van der Waals surface area contributed by atoms with Gasteiger partial charge in [0.1, 0.15) is 0 Å². The maximum atomic E-state index is 2.45. The van der Waals surface area contributed by atoms with Gasteiger partial charge in [0.05, 0.1) is 5.41 Å². The van der Waals surface area contributed by atoms with Crippen molar-refractivity contribution in [1.29, 1.82) is 0 Å². The maximum Gasteiger partial charge on any atom is 0.0590 e. The lowest BCUT2D eigenvalue weighted by Crippen LogP contribution is -2.35. The molecule has 0 N–H and O–H groups in total. The molecule has 0 radical (unpaired) electrons. The van der Waals surface area contributed by atoms with Crippen molar-refractivity contribution in [2.24, 2.45) is 0 Å². The van der Waals surface area contributed by atoms with Gasteiger partial charge in [0.15, 0.2) is 0 Å². The predicted molar refractivity (Wildman–Crippen MR) is 113 cm³/mol. The Morgan fingerprint density at radius 3 is 2.62 bits per heavy atom. The average Bonchev–Trinajstić information content (AvgIpc) is 3.34. The van der Waals surface area contributed by atoms with E-state index >= 15 is 0 Å². The maximum absolute atomic E-state index is 2.45. The summed E-state index contributed by atoms with van der Waals surface area (Å²) in [5.41, 5.74) is 9.84. The monoisotopic (exact) mass is 354 g/mol. The van der Waals surface area contributed by atoms with Crippen molar-refractivity contribution < 1.29 is 0 Å². The first kappa shape index (κ1) is 15.8. The number of benzene rings is 1. The van der Waals surface area contributed by atoms with Crippen molar-refractivity contribution in [3.05, 3.63) is 110 Å². The molecule has 0 fully saturated rings. The topological polar surface area (TPSA) is 0 Å². The molecule has 1 aromatic heterocycles. The highest BCUT2D eigenvalue weighted by Gasteiger charge is 2.49. The molecule has 1 aromatic carbocycles. The van der Waals surface area contributed by atoms with E-state index in [0.29, 0.717) is 5.92 Å². The van der Waals surface area contributed by atoms with Crippen molar-refractivity contribution in [1.82, 2.24) is 0 Å². The third-order valence-electron chi connectivity index (χ3n) is 6.24. The molecule has 0 bridgehead atoms. The summed E-state index contributed by atoms with van der Waals surface area (Å²) in [6.07, 6.45) is 11.8. The number of fused-ring (bicyclic) bond motifs is 2. The quantitative estimate of drug-likeness (QED) is 0.547.